The first-order valence-corrected chi connectivity index (χ1v) is 6.73. The molecular formula is C15H19NO4. The fourth-order valence-corrected chi connectivity index (χ4v) is 2.42. The molecule has 108 valence electrons. The third-order valence-electron chi connectivity index (χ3n) is 3.60. The van der Waals surface area contributed by atoms with E-state index in [0.29, 0.717) is 31.9 Å². The van der Waals surface area contributed by atoms with Crippen molar-refractivity contribution in [3.8, 4) is 0 Å². The molecule has 1 aromatic carbocycles. The van der Waals surface area contributed by atoms with E-state index in [2.05, 4.69) is 0 Å². The number of carboxylic acid groups (broad SMARTS) is 1. The van der Waals surface area contributed by atoms with Crippen LogP contribution in [-0.2, 0) is 14.3 Å². The van der Waals surface area contributed by atoms with Gasteiger partial charge in [0.1, 0.15) is 0 Å². The summed E-state index contributed by atoms with van der Waals surface area (Å²) in [7, 11) is 0. The van der Waals surface area contributed by atoms with E-state index in [-0.39, 0.29) is 12.3 Å². The maximum Gasteiger partial charge on any atom is 0.311 e. The highest BCUT2D eigenvalue weighted by molar-refractivity contribution is 5.86. The molecule has 1 heterocycles. The van der Waals surface area contributed by atoms with Crippen molar-refractivity contribution in [3.05, 3.63) is 35.4 Å². The van der Waals surface area contributed by atoms with Crippen LogP contribution in [0, 0.1) is 6.92 Å². The Bertz CT molecular complexity index is 494. The zero-order chi connectivity index (χ0) is 14.5. The second-order valence-electron chi connectivity index (χ2n) is 4.94. The molecule has 5 heteroatoms. The monoisotopic (exact) mass is 277 g/mol. The average molecular weight is 277 g/mol. The topological polar surface area (TPSA) is 66.8 Å². The number of hydrogen-bond donors (Lipinski definition) is 1. The van der Waals surface area contributed by atoms with E-state index in [0.717, 1.165) is 5.56 Å². The van der Waals surface area contributed by atoms with Crippen LogP contribution in [0.3, 0.4) is 0 Å². The van der Waals surface area contributed by atoms with Gasteiger partial charge in [-0.15, -0.1) is 0 Å². The number of morpholine rings is 1. The number of carbonyl (C=O) groups is 2. The van der Waals surface area contributed by atoms with Gasteiger partial charge in [-0.2, -0.15) is 0 Å². The van der Waals surface area contributed by atoms with Gasteiger partial charge in [-0.05, 0) is 18.1 Å². The smallest absolute Gasteiger partial charge is 0.311 e. The minimum absolute atomic E-state index is 0.000185. The minimum atomic E-state index is -0.957. The summed E-state index contributed by atoms with van der Waals surface area (Å²) in [5.74, 6) is -1.86. The Kier molecular flexibility index (Phi) is 4.74. The summed E-state index contributed by atoms with van der Waals surface area (Å²) >= 11 is 0. The molecule has 1 unspecified atom stereocenters. The molecule has 1 aromatic rings. The van der Waals surface area contributed by atoms with Gasteiger partial charge in [0, 0.05) is 19.5 Å². The summed E-state index contributed by atoms with van der Waals surface area (Å²) < 4.78 is 5.20. The lowest BCUT2D eigenvalue weighted by Gasteiger charge is -2.28. The third kappa shape index (κ3) is 3.36. The van der Waals surface area contributed by atoms with Gasteiger partial charge < -0.3 is 14.7 Å². The van der Waals surface area contributed by atoms with Crippen LogP contribution in [0.2, 0.25) is 0 Å². The zero-order valence-electron chi connectivity index (χ0n) is 11.5. The Morgan fingerprint density at radius 1 is 1.30 bits per heavy atom. The lowest BCUT2D eigenvalue weighted by atomic mass is 9.91. The van der Waals surface area contributed by atoms with Gasteiger partial charge in [0.05, 0.1) is 19.1 Å². The summed E-state index contributed by atoms with van der Waals surface area (Å²) in [6.07, 6.45) is 0.000185. The van der Waals surface area contributed by atoms with E-state index >= 15 is 0 Å². The number of ether oxygens (including phenoxy) is 1. The summed E-state index contributed by atoms with van der Waals surface area (Å²) in [6, 6.07) is 7.31. The summed E-state index contributed by atoms with van der Waals surface area (Å²) in [5.41, 5.74) is 1.61. The van der Waals surface area contributed by atoms with Crippen LogP contribution >= 0.6 is 0 Å². The van der Waals surface area contributed by atoms with Crippen molar-refractivity contribution in [2.45, 2.75) is 19.3 Å². The maximum absolute atomic E-state index is 12.2. The van der Waals surface area contributed by atoms with Gasteiger partial charge in [0.2, 0.25) is 5.91 Å². The van der Waals surface area contributed by atoms with Crippen LogP contribution in [0.15, 0.2) is 24.3 Å². The normalized spacial score (nSPS) is 16.8. The maximum atomic E-state index is 12.2. The summed E-state index contributed by atoms with van der Waals surface area (Å²) in [4.78, 5) is 25.4. The number of benzene rings is 1. The van der Waals surface area contributed by atoms with Gasteiger partial charge in [-0.3, -0.25) is 9.59 Å². The number of rotatable bonds is 4. The number of nitrogens with zero attached hydrogens (tertiary/aromatic N) is 1. The number of hydrogen-bond acceptors (Lipinski definition) is 3. The average Bonchev–Trinajstić information content (AvgIpc) is 2.46. The number of aliphatic carboxylic acids is 1. The van der Waals surface area contributed by atoms with Crippen LogP contribution in [0.5, 0.6) is 0 Å². The van der Waals surface area contributed by atoms with Gasteiger partial charge in [0.25, 0.3) is 0 Å². The Morgan fingerprint density at radius 2 is 1.95 bits per heavy atom. The van der Waals surface area contributed by atoms with Crippen LogP contribution in [0.4, 0.5) is 0 Å². The minimum Gasteiger partial charge on any atom is -0.481 e. The molecule has 0 aromatic heterocycles. The standard InChI is InChI=1S/C15H19NO4/c1-11-4-2-3-5-12(11)13(15(18)19)10-14(17)16-6-8-20-9-7-16/h2-5,13H,6-10H2,1H3,(H,18,19). The third-order valence-corrected chi connectivity index (χ3v) is 3.60. The second kappa shape index (κ2) is 6.52. The van der Waals surface area contributed by atoms with Gasteiger partial charge >= 0.3 is 5.97 Å². The second-order valence-corrected chi connectivity index (χ2v) is 4.94. The van der Waals surface area contributed by atoms with Gasteiger partial charge in [-0.25, -0.2) is 0 Å². The van der Waals surface area contributed by atoms with Gasteiger partial charge in [-0.1, -0.05) is 24.3 Å². The quantitative estimate of drug-likeness (QED) is 0.903. The molecule has 2 rings (SSSR count). The van der Waals surface area contributed by atoms with Crippen molar-refractivity contribution in [2.75, 3.05) is 26.3 Å². The lowest BCUT2D eigenvalue weighted by molar-refractivity contribution is -0.144. The molecule has 0 aliphatic carbocycles. The molecule has 1 aliphatic heterocycles. The summed E-state index contributed by atoms with van der Waals surface area (Å²) in [6.45, 7) is 3.99. The van der Waals surface area contributed by atoms with Crippen LogP contribution in [0.1, 0.15) is 23.5 Å². The van der Waals surface area contributed by atoms with Crippen molar-refractivity contribution < 1.29 is 19.4 Å². The number of carbonyl (C=O) groups excluding carboxylic acids is 1. The highest BCUT2D eigenvalue weighted by Crippen LogP contribution is 2.24. The Hall–Kier alpha value is -1.88. The molecular weight excluding hydrogens is 258 g/mol. The van der Waals surface area contributed by atoms with Crippen molar-refractivity contribution in [3.63, 3.8) is 0 Å². The first-order chi connectivity index (χ1) is 9.59. The highest BCUT2D eigenvalue weighted by atomic mass is 16.5. The van der Waals surface area contributed by atoms with Crippen molar-refractivity contribution in [2.24, 2.45) is 0 Å². The molecule has 5 nitrogen and oxygen atoms in total. The molecule has 0 bridgehead atoms. The molecule has 0 saturated carbocycles. The van der Waals surface area contributed by atoms with Crippen LogP contribution in [-0.4, -0.2) is 48.2 Å². The summed E-state index contributed by atoms with van der Waals surface area (Å²) in [5, 5.41) is 9.40. The molecule has 1 N–H and O–H groups in total. The van der Waals surface area contributed by atoms with Crippen molar-refractivity contribution >= 4 is 11.9 Å². The fraction of sp³-hybridized carbons (Fsp3) is 0.467. The molecule has 1 fully saturated rings. The highest BCUT2D eigenvalue weighted by Gasteiger charge is 2.27. The first kappa shape index (κ1) is 14.5. The molecule has 1 atom stereocenters. The molecule has 1 aliphatic rings. The van der Waals surface area contributed by atoms with E-state index in [1.807, 2.05) is 19.1 Å². The Balaban J connectivity index is 2.12. The van der Waals surface area contributed by atoms with Crippen LogP contribution in [0.25, 0.3) is 0 Å². The number of amides is 1. The van der Waals surface area contributed by atoms with Crippen molar-refractivity contribution in [1.82, 2.24) is 4.90 Å². The predicted octanol–water partition coefficient (Wildman–Crippen LogP) is 1.41. The molecule has 0 spiro atoms. The van der Waals surface area contributed by atoms with Crippen molar-refractivity contribution in [1.29, 1.82) is 0 Å². The van der Waals surface area contributed by atoms with E-state index in [1.165, 1.54) is 0 Å². The fourth-order valence-electron chi connectivity index (χ4n) is 2.42. The Morgan fingerprint density at radius 3 is 2.55 bits per heavy atom. The first-order valence-electron chi connectivity index (χ1n) is 6.73. The van der Waals surface area contributed by atoms with E-state index in [4.69, 9.17) is 4.74 Å². The predicted molar refractivity (Wildman–Crippen MR) is 73.6 cm³/mol. The van der Waals surface area contributed by atoms with E-state index in [1.54, 1.807) is 17.0 Å². The number of aryl methyl sites for hydroxylation is 1. The van der Waals surface area contributed by atoms with E-state index in [9.17, 15) is 14.7 Å². The molecule has 1 amide bonds. The number of carboxylic acids is 1. The van der Waals surface area contributed by atoms with E-state index < -0.39 is 11.9 Å². The molecule has 20 heavy (non-hydrogen) atoms. The lowest BCUT2D eigenvalue weighted by Crippen LogP contribution is -2.41. The molecule has 0 radical (unpaired) electrons. The van der Waals surface area contributed by atoms with Gasteiger partial charge in [0.15, 0.2) is 0 Å². The SMILES string of the molecule is Cc1ccccc1C(CC(=O)N1CCOCC1)C(=O)O. The molecule has 1 saturated heterocycles. The van der Waals surface area contributed by atoms with Crippen LogP contribution < -0.4 is 0 Å². The zero-order valence-corrected chi connectivity index (χ0v) is 11.5. The Labute approximate surface area is 118 Å². The largest absolute Gasteiger partial charge is 0.481 e.